The Hall–Kier alpha value is -5.28. The molecule has 2 saturated heterocycles. The highest BCUT2D eigenvalue weighted by Crippen LogP contribution is 2.42. The van der Waals surface area contributed by atoms with Crippen LogP contribution in [0.3, 0.4) is 0 Å². The van der Waals surface area contributed by atoms with Crippen LogP contribution in [0.2, 0.25) is 0 Å². The summed E-state index contributed by atoms with van der Waals surface area (Å²) in [4.78, 5) is 78.7. The van der Waals surface area contributed by atoms with Crippen LogP contribution in [0, 0.1) is 11.8 Å². The van der Waals surface area contributed by atoms with Crippen molar-refractivity contribution < 1.29 is 19.2 Å². The molecule has 2 aromatic carbocycles. The number of nitrogens with one attached hydrogen (secondary N) is 4. The van der Waals surface area contributed by atoms with E-state index in [2.05, 4.69) is 44.9 Å². The second-order valence-electron chi connectivity index (χ2n) is 16.3. The Morgan fingerprint density at radius 2 is 0.935 bits per heavy atom. The minimum absolute atomic E-state index is 0. The van der Waals surface area contributed by atoms with Gasteiger partial charge in [0.1, 0.15) is 23.7 Å². The van der Waals surface area contributed by atoms with Crippen molar-refractivity contribution in [3.05, 3.63) is 120 Å². The van der Waals surface area contributed by atoms with E-state index in [0.717, 1.165) is 105 Å². The molecule has 4 aromatic heterocycles. The zero-order chi connectivity index (χ0) is 40.7. The molecule has 10 rings (SSSR count). The van der Waals surface area contributed by atoms with E-state index in [9.17, 15) is 19.2 Å². The van der Waals surface area contributed by atoms with Gasteiger partial charge in [-0.3, -0.25) is 19.2 Å². The fraction of sp³-hybridized carbons (Fsp3) is 0.348. The van der Waals surface area contributed by atoms with E-state index in [-0.39, 0.29) is 72.4 Å². The van der Waals surface area contributed by atoms with Gasteiger partial charge in [-0.25, -0.2) is 9.97 Å². The molecule has 0 spiro atoms. The highest BCUT2D eigenvalue weighted by atomic mass is 35.5. The summed E-state index contributed by atoms with van der Waals surface area (Å²) < 4.78 is 0. The topological polar surface area (TPSA) is 156 Å². The zero-order valence-electron chi connectivity index (χ0n) is 33.8. The number of hydrogen-bond acceptors (Lipinski definition) is 8. The molecule has 4 N–H and O–H groups in total. The summed E-state index contributed by atoms with van der Waals surface area (Å²) in [5.41, 5.74) is 3.37. The first-order chi connectivity index (χ1) is 29.4. The molecule has 0 bridgehead atoms. The van der Waals surface area contributed by atoms with Crippen molar-refractivity contribution in [1.82, 2.24) is 40.4 Å². The molecule has 4 unspecified atom stereocenters. The first-order valence-electron chi connectivity index (χ1n) is 21.0. The van der Waals surface area contributed by atoms with Gasteiger partial charge in [-0.1, -0.05) is 60.7 Å². The summed E-state index contributed by atoms with van der Waals surface area (Å²) in [5, 5.41) is 6.11. The first-order valence-corrected chi connectivity index (χ1v) is 22.6. The minimum atomic E-state index is -0.732. The zero-order valence-corrected chi connectivity index (χ0v) is 37.1. The number of thiophene rings is 2. The van der Waals surface area contributed by atoms with Crippen LogP contribution < -0.4 is 10.6 Å². The maximum atomic E-state index is 14.1. The van der Waals surface area contributed by atoms with Crippen LogP contribution in [0.5, 0.6) is 0 Å². The Bertz CT molecular complexity index is 2360. The lowest BCUT2D eigenvalue weighted by atomic mass is 10.0. The second-order valence-corrected chi connectivity index (χ2v) is 18.5. The normalized spacial score (nSPS) is 19.3. The number of carbonyl (C=O) groups is 4. The maximum absolute atomic E-state index is 14.1. The van der Waals surface area contributed by atoms with Crippen LogP contribution in [0.25, 0.3) is 30.9 Å². The van der Waals surface area contributed by atoms with Gasteiger partial charge in [0.25, 0.3) is 0 Å². The molecule has 4 fully saturated rings. The number of H-pyrrole nitrogens is 2. The quantitative estimate of drug-likeness (QED) is 0.0907. The molecule has 62 heavy (non-hydrogen) atoms. The molecule has 4 atom stereocenters. The van der Waals surface area contributed by atoms with E-state index in [1.54, 1.807) is 22.7 Å². The van der Waals surface area contributed by atoms with E-state index in [1.807, 2.05) is 82.9 Å². The molecule has 2 aliphatic carbocycles. The van der Waals surface area contributed by atoms with Gasteiger partial charge in [-0.2, -0.15) is 0 Å². The third-order valence-corrected chi connectivity index (χ3v) is 14.5. The van der Waals surface area contributed by atoms with Crippen molar-refractivity contribution in [2.75, 3.05) is 13.1 Å². The number of carbonyl (C=O) groups excluding carboxylic acids is 4. The molecule has 2 aliphatic heterocycles. The Morgan fingerprint density at radius 3 is 1.32 bits per heavy atom. The SMILES string of the molecule is Cl.Cl.O=C(NC(C(=O)N1CCCC1c1ncc(-c2ccc(-c3ccc(-c4cnc(C5CCCN5C(=O)C(NC(=O)C5CC5)c5ccccc5)[nH]4)s3)s2)[nH]1)c1ccccc1)C1CC1. The number of likely N-dealkylation sites (tertiary alicyclic amines) is 2. The van der Waals surface area contributed by atoms with Crippen LogP contribution in [0.1, 0.15) is 98.3 Å². The van der Waals surface area contributed by atoms with Crippen molar-refractivity contribution in [2.45, 2.75) is 75.5 Å². The van der Waals surface area contributed by atoms with Gasteiger partial charge in [0.2, 0.25) is 23.6 Å². The summed E-state index contributed by atoms with van der Waals surface area (Å²) >= 11 is 3.36. The molecule has 0 radical (unpaired) electrons. The number of aromatic nitrogens is 4. The van der Waals surface area contributed by atoms with Crippen LogP contribution in [0.4, 0.5) is 0 Å². The highest BCUT2D eigenvalue weighted by molar-refractivity contribution is 7.25. The largest absolute Gasteiger partial charge is 0.340 e. The van der Waals surface area contributed by atoms with Crippen molar-refractivity contribution in [2.24, 2.45) is 11.8 Å². The van der Waals surface area contributed by atoms with Crippen molar-refractivity contribution in [3.8, 4) is 30.9 Å². The lowest BCUT2D eigenvalue weighted by Gasteiger charge is -2.28. The van der Waals surface area contributed by atoms with E-state index < -0.39 is 12.1 Å². The number of benzene rings is 2. The van der Waals surface area contributed by atoms with E-state index in [4.69, 9.17) is 9.97 Å². The van der Waals surface area contributed by atoms with Crippen molar-refractivity contribution in [3.63, 3.8) is 0 Å². The number of nitrogens with zero attached hydrogens (tertiary/aromatic N) is 4. The molecule has 16 heteroatoms. The smallest absolute Gasteiger partial charge is 0.250 e. The van der Waals surface area contributed by atoms with Crippen LogP contribution >= 0.6 is 47.5 Å². The Balaban J connectivity index is 0.00000264. The van der Waals surface area contributed by atoms with Crippen molar-refractivity contribution in [1.29, 1.82) is 0 Å². The minimum Gasteiger partial charge on any atom is -0.340 e. The molecule has 4 amide bonds. The van der Waals surface area contributed by atoms with Crippen LogP contribution in [-0.4, -0.2) is 66.5 Å². The lowest BCUT2D eigenvalue weighted by molar-refractivity contribution is -0.138. The summed E-state index contributed by atoms with van der Waals surface area (Å²) in [6, 6.07) is 25.6. The number of aromatic amines is 2. The van der Waals surface area contributed by atoms with Gasteiger partial charge in [0, 0.05) is 34.7 Å². The molecule has 12 nitrogen and oxygen atoms in total. The van der Waals surface area contributed by atoms with E-state index in [0.29, 0.717) is 13.1 Å². The monoisotopic (exact) mass is 910 g/mol. The predicted molar refractivity (Wildman–Crippen MR) is 245 cm³/mol. The number of halogens is 2. The van der Waals surface area contributed by atoms with Gasteiger partial charge >= 0.3 is 0 Å². The fourth-order valence-corrected chi connectivity index (χ4v) is 10.6. The third kappa shape index (κ3) is 8.96. The Morgan fingerprint density at radius 1 is 0.548 bits per heavy atom. The number of amides is 4. The average molecular weight is 912 g/mol. The molecule has 2 saturated carbocycles. The van der Waals surface area contributed by atoms with Gasteiger partial charge in [0.05, 0.1) is 45.6 Å². The Labute approximate surface area is 380 Å². The number of hydrogen-bond donors (Lipinski definition) is 4. The number of rotatable bonds is 13. The molecule has 4 aliphatic rings. The summed E-state index contributed by atoms with van der Waals surface area (Å²) in [6.07, 6.45) is 10.5. The standard InChI is InChI=1S/C46H46N8O4S2.2ClH/c55-43(29-15-16-29)51-39(27-9-3-1-4-10-27)45(57)53-23-7-13-33(53)41-47-25-31(49-41)35-19-21-37(59-35)38-22-20-36(60-38)32-26-48-42(50-32)34-14-8-24-54(34)46(58)40(28-11-5-2-6-12-28)52-44(56)30-17-18-30;;/h1-6,9-12,19-22,25-26,29-30,33-34,39-40H,7-8,13-18,23-24H2,(H,47,49)(H,48,50)(H,51,55)(H,52,56);2*1H. The van der Waals surface area contributed by atoms with E-state index >= 15 is 0 Å². The molecular formula is C46H48Cl2N8O4S2. The highest BCUT2D eigenvalue weighted by Gasteiger charge is 2.41. The molecular weight excluding hydrogens is 864 g/mol. The molecule has 322 valence electrons. The first kappa shape index (κ1) is 43.4. The average Bonchev–Trinajstić information content (AvgIpc) is 3.76. The molecule has 6 heterocycles. The fourth-order valence-electron chi connectivity index (χ4n) is 8.53. The van der Waals surface area contributed by atoms with Crippen LogP contribution in [0.15, 0.2) is 97.3 Å². The van der Waals surface area contributed by atoms with Gasteiger partial charge in [-0.05, 0) is 86.8 Å². The van der Waals surface area contributed by atoms with Gasteiger partial charge in [-0.15, -0.1) is 47.5 Å². The van der Waals surface area contributed by atoms with Gasteiger partial charge < -0.3 is 30.4 Å². The summed E-state index contributed by atoms with van der Waals surface area (Å²) in [5.74, 6) is 1.19. The summed E-state index contributed by atoms with van der Waals surface area (Å²) in [6.45, 7) is 1.21. The second kappa shape index (κ2) is 18.6. The Kier molecular flexibility index (Phi) is 13.0. The number of imidazole rings is 2. The maximum Gasteiger partial charge on any atom is 0.250 e. The van der Waals surface area contributed by atoms with Crippen molar-refractivity contribution >= 4 is 71.1 Å². The predicted octanol–water partition coefficient (Wildman–Crippen LogP) is 8.96. The molecule has 6 aromatic rings. The van der Waals surface area contributed by atoms with E-state index in [1.165, 1.54) is 0 Å². The van der Waals surface area contributed by atoms with Crippen LogP contribution in [-0.2, 0) is 19.2 Å². The van der Waals surface area contributed by atoms with Gasteiger partial charge in [0.15, 0.2) is 0 Å². The third-order valence-electron chi connectivity index (χ3n) is 12.1. The lowest BCUT2D eigenvalue weighted by Crippen LogP contribution is -2.43. The summed E-state index contributed by atoms with van der Waals surface area (Å²) in [7, 11) is 0.